The zero-order chi connectivity index (χ0) is 20.8. The number of aromatic nitrogens is 2. The molecular formula is C23H25ClFN5. The van der Waals surface area contributed by atoms with Crippen LogP contribution in [-0.2, 0) is 6.54 Å². The van der Waals surface area contributed by atoms with Crippen molar-refractivity contribution in [3.8, 4) is 11.3 Å². The fraction of sp³-hybridized carbons (Fsp3) is 0.304. The van der Waals surface area contributed by atoms with Gasteiger partial charge in [0.2, 0.25) is 0 Å². The molecule has 30 heavy (non-hydrogen) atoms. The fourth-order valence-electron chi connectivity index (χ4n) is 3.60. The Balaban J connectivity index is 1.45. The highest BCUT2D eigenvalue weighted by atomic mass is 35.5. The molecule has 0 bridgehead atoms. The first-order valence-electron chi connectivity index (χ1n) is 10.2. The van der Waals surface area contributed by atoms with Crippen molar-refractivity contribution in [2.45, 2.75) is 19.4 Å². The van der Waals surface area contributed by atoms with E-state index >= 15 is 0 Å². The number of piperidine rings is 1. The second kappa shape index (κ2) is 9.87. The van der Waals surface area contributed by atoms with Gasteiger partial charge in [-0.05, 0) is 67.7 Å². The SMILES string of the molecule is Fc1cccc(CNc2cccc(-c3cc(NC[C@@H]4CCCNC4)ncc3Cl)n2)c1. The van der Waals surface area contributed by atoms with E-state index in [4.69, 9.17) is 11.6 Å². The topological polar surface area (TPSA) is 61.9 Å². The molecule has 3 N–H and O–H groups in total. The van der Waals surface area contributed by atoms with Gasteiger partial charge in [0.15, 0.2) is 0 Å². The Labute approximate surface area is 181 Å². The molecule has 1 aromatic carbocycles. The Morgan fingerprint density at radius 1 is 1.10 bits per heavy atom. The summed E-state index contributed by atoms with van der Waals surface area (Å²) in [5.74, 6) is 1.85. The summed E-state index contributed by atoms with van der Waals surface area (Å²) in [5, 5.41) is 10.7. The van der Waals surface area contributed by atoms with Gasteiger partial charge < -0.3 is 16.0 Å². The number of hydrogen-bond acceptors (Lipinski definition) is 5. The molecule has 1 fully saturated rings. The molecular weight excluding hydrogens is 401 g/mol. The summed E-state index contributed by atoms with van der Waals surface area (Å²) < 4.78 is 13.4. The number of pyridine rings is 2. The van der Waals surface area contributed by atoms with E-state index in [0.717, 1.165) is 42.3 Å². The van der Waals surface area contributed by atoms with Crippen LogP contribution in [0, 0.1) is 11.7 Å². The maximum Gasteiger partial charge on any atom is 0.126 e. The third kappa shape index (κ3) is 5.46. The lowest BCUT2D eigenvalue weighted by Crippen LogP contribution is -2.33. The molecule has 0 saturated carbocycles. The molecule has 156 valence electrons. The molecule has 3 heterocycles. The van der Waals surface area contributed by atoms with Gasteiger partial charge in [-0.25, -0.2) is 14.4 Å². The molecule has 0 aliphatic carbocycles. The maximum atomic E-state index is 13.4. The van der Waals surface area contributed by atoms with Crippen molar-refractivity contribution in [2.24, 2.45) is 5.92 Å². The molecule has 0 amide bonds. The number of benzene rings is 1. The van der Waals surface area contributed by atoms with E-state index in [1.54, 1.807) is 12.3 Å². The molecule has 5 nitrogen and oxygen atoms in total. The standard InChI is InChI=1S/C23H25ClFN5/c24-20-15-29-23(28-14-17-5-3-9-26-12-17)11-19(20)21-7-2-8-22(30-21)27-13-16-4-1-6-18(25)10-16/h1-2,4,6-8,10-11,15,17,26H,3,5,9,12-14H2,(H,27,30)(H,28,29)/t17-/m1/s1. The molecule has 1 saturated heterocycles. The van der Waals surface area contributed by atoms with Gasteiger partial charge in [0, 0.05) is 24.8 Å². The number of anilines is 2. The molecule has 1 atom stereocenters. The van der Waals surface area contributed by atoms with E-state index in [1.807, 2.05) is 30.3 Å². The molecule has 2 aromatic heterocycles. The van der Waals surface area contributed by atoms with E-state index in [2.05, 4.69) is 25.9 Å². The molecule has 0 unspecified atom stereocenters. The minimum Gasteiger partial charge on any atom is -0.370 e. The lowest BCUT2D eigenvalue weighted by molar-refractivity contribution is 0.392. The van der Waals surface area contributed by atoms with Gasteiger partial charge in [0.25, 0.3) is 0 Å². The van der Waals surface area contributed by atoms with Crippen LogP contribution in [0.25, 0.3) is 11.3 Å². The fourth-order valence-corrected chi connectivity index (χ4v) is 3.80. The van der Waals surface area contributed by atoms with E-state index in [0.29, 0.717) is 23.3 Å². The summed E-state index contributed by atoms with van der Waals surface area (Å²) in [6, 6.07) is 14.2. The summed E-state index contributed by atoms with van der Waals surface area (Å²) in [4.78, 5) is 9.09. The summed E-state index contributed by atoms with van der Waals surface area (Å²) in [5.41, 5.74) is 2.44. The monoisotopic (exact) mass is 425 g/mol. The Hall–Kier alpha value is -2.70. The Morgan fingerprint density at radius 2 is 2.00 bits per heavy atom. The third-order valence-electron chi connectivity index (χ3n) is 5.21. The van der Waals surface area contributed by atoms with Crippen LogP contribution in [0.2, 0.25) is 5.02 Å². The van der Waals surface area contributed by atoms with Crippen LogP contribution in [0.3, 0.4) is 0 Å². The molecule has 0 spiro atoms. The summed E-state index contributed by atoms with van der Waals surface area (Å²) >= 11 is 6.42. The Kier molecular flexibility index (Phi) is 6.77. The van der Waals surface area contributed by atoms with Gasteiger partial charge in [0.05, 0.1) is 10.7 Å². The molecule has 3 aromatic rings. The Bertz CT molecular complexity index is 991. The summed E-state index contributed by atoms with van der Waals surface area (Å²) in [6.45, 7) is 3.51. The Morgan fingerprint density at radius 3 is 2.83 bits per heavy atom. The van der Waals surface area contributed by atoms with Crippen LogP contribution >= 0.6 is 11.6 Å². The van der Waals surface area contributed by atoms with E-state index < -0.39 is 0 Å². The van der Waals surface area contributed by atoms with Crippen LogP contribution in [0.4, 0.5) is 16.0 Å². The highest BCUT2D eigenvalue weighted by Crippen LogP contribution is 2.29. The average molecular weight is 426 g/mol. The highest BCUT2D eigenvalue weighted by Gasteiger charge is 2.14. The van der Waals surface area contributed by atoms with Crippen LogP contribution in [0.1, 0.15) is 18.4 Å². The van der Waals surface area contributed by atoms with Crippen LogP contribution < -0.4 is 16.0 Å². The lowest BCUT2D eigenvalue weighted by Gasteiger charge is -2.23. The van der Waals surface area contributed by atoms with Crippen molar-refractivity contribution in [3.05, 3.63) is 71.1 Å². The predicted octanol–water partition coefficient (Wildman–Crippen LogP) is 4.96. The minimum absolute atomic E-state index is 0.247. The van der Waals surface area contributed by atoms with Crippen molar-refractivity contribution >= 4 is 23.2 Å². The van der Waals surface area contributed by atoms with Crippen LogP contribution in [0.15, 0.2) is 54.7 Å². The number of rotatable bonds is 7. The largest absolute Gasteiger partial charge is 0.370 e. The zero-order valence-electron chi connectivity index (χ0n) is 16.7. The predicted molar refractivity (Wildman–Crippen MR) is 120 cm³/mol. The van der Waals surface area contributed by atoms with Gasteiger partial charge in [-0.2, -0.15) is 0 Å². The molecule has 0 radical (unpaired) electrons. The van der Waals surface area contributed by atoms with Crippen LogP contribution in [0.5, 0.6) is 0 Å². The summed E-state index contributed by atoms with van der Waals surface area (Å²) in [6.07, 6.45) is 4.10. The number of nitrogens with zero attached hydrogens (tertiary/aromatic N) is 2. The second-order valence-corrected chi connectivity index (χ2v) is 7.94. The first kappa shape index (κ1) is 20.6. The van der Waals surface area contributed by atoms with Crippen LogP contribution in [-0.4, -0.2) is 29.6 Å². The van der Waals surface area contributed by atoms with E-state index in [9.17, 15) is 4.39 Å². The second-order valence-electron chi connectivity index (χ2n) is 7.53. The molecule has 7 heteroatoms. The van der Waals surface area contributed by atoms with Gasteiger partial charge in [0.1, 0.15) is 17.5 Å². The first-order valence-corrected chi connectivity index (χ1v) is 10.6. The number of halogens is 2. The van der Waals surface area contributed by atoms with Crippen molar-refractivity contribution in [3.63, 3.8) is 0 Å². The zero-order valence-corrected chi connectivity index (χ0v) is 17.4. The van der Waals surface area contributed by atoms with Crippen molar-refractivity contribution in [2.75, 3.05) is 30.3 Å². The molecule has 1 aliphatic rings. The van der Waals surface area contributed by atoms with E-state index in [1.165, 1.54) is 25.0 Å². The minimum atomic E-state index is -0.247. The lowest BCUT2D eigenvalue weighted by atomic mass is 10.00. The van der Waals surface area contributed by atoms with E-state index in [-0.39, 0.29) is 5.82 Å². The smallest absolute Gasteiger partial charge is 0.126 e. The summed E-state index contributed by atoms with van der Waals surface area (Å²) in [7, 11) is 0. The van der Waals surface area contributed by atoms with Crippen molar-refractivity contribution < 1.29 is 4.39 Å². The van der Waals surface area contributed by atoms with Gasteiger partial charge in [-0.1, -0.05) is 29.8 Å². The van der Waals surface area contributed by atoms with Crippen molar-refractivity contribution in [1.82, 2.24) is 15.3 Å². The quantitative estimate of drug-likeness (QED) is 0.499. The van der Waals surface area contributed by atoms with Gasteiger partial charge in [-0.3, -0.25) is 0 Å². The van der Waals surface area contributed by atoms with Gasteiger partial charge >= 0.3 is 0 Å². The number of hydrogen-bond donors (Lipinski definition) is 3. The average Bonchev–Trinajstić information content (AvgIpc) is 2.78. The number of nitrogens with one attached hydrogen (secondary N) is 3. The third-order valence-corrected chi connectivity index (χ3v) is 5.52. The molecule has 1 aliphatic heterocycles. The normalized spacial score (nSPS) is 16.3. The molecule has 4 rings (SSSR count). The maximum absolute atomic E-state index is 13.4. The van der Waals surface area contributed by atoms with Gasteiger partial charge in [-0.15, -0.1) is 0 Å². The van der Waals surface area contributed by atoms with Crippen molar-refractivity contribution in [1.29, 1.82) is 0 Å². The highest BCUT2D eigenvalue weighted by molar-refractivity contribution is 6.33. The first-order chi connectivity index (χ1) is 14.7.